The van der Waals surface area contributed by atoms with Crippen molar-refractivity contribution in [1.29, 1.82) is 0 Å². The smallest absolute Gasteiger partial charge is 0.258 e. The third kappa shape index (κ3) is 2.90. The molecule has 112 valence electrons. The van der Waals surface area contributed by atoms with Crippen molar-refractivity contribution >= 4 is 0 Å². The summed E-state index contributed by atoms with van der Waals surface area (Å²) in [5.41, 5.74) is 1.86. The molecular weight excluding hydrogens is 282 g/mol. The molecule has 0 aliphatic rings. The lowest BCUT2D eigenvalue weighted by molar-refractivity contribution is 0.354. The molecule has 0 fully saturated rings. The van der Waals surface area contributed by atoms with Gasteiger partial charge in [-0.3, -0.25) is 4.98 Å². The molecule has 0 saturated carbocycles. The van der Waals surface area contributed by atoms with Crippen LogP contribution in [0, 0.1) is 0 Å². The van der Waals surface area contributed by atoms with Crippen molar-refractivity contribution in [2.24, 2.45) is 0 Å². The van der Waals surface area contributed by atoms with Gasteiger partial charge in [0.15, 0.2) is 17.3 Å². The van der Waals surface area contributed by atoms with Gasteiger partial charge in [0.1, 0.15) is 0 Å². The summed E-state index contributed by atoms with van der Waals surface area (Å²) in [5.74, 6) is 2.46. The van der Waals surface area contributed by atoms with Gasteiger partial charge in [-0.2, -0.15) is 4.98 Å². The van der Waals surface area contributed by atoms with Crippen LogP contribution in [0.5, 0.6) is 11.5 Å². The quantitative estimate of drug-likeness (QED) is 0.721. The molecule has 2 heterocycles. The van der Waals surface area contributed by atoms with E-state index in [4.69, 9.17) is 14.0 Å². The predicted molar refractivity (Wildman–Crippen MR) is 79.9 cm³/mol. The first-order valence-corrected chi connectivity index (χ1v) is 6.74. The standard InChI is InChI=1S/C16H15N3O3/c1-20-13-4-3-11(9-14(13)21-2)10-15-18-16(22-19-15)12-5-7-17-8-6-12/h3-9H,10H2,1-2H3. The molecule has 0 aliphatic carbocycles. The Morgan fingerprint density at radius 2 is 1.77 bits per heavy atom. The fourth-order valence-electron chi connectivity index (χ4n) is 2.11. The minimum Gasteiger partial charge on any atom is -0.493 e. The molecule has 0 bridgehead atoms. The molecule has 6 nitrogen and oxygen atoms in total. The van der Waals surface area contributed by atoms with E-state index in [0.717, 1.165) is 11.1 Å². The first-order chi connectivity index (χ1) is 10.8. The fourth-order valence-corrected chi connectivity index (χ4v) is 2.11. The molecule has 3 aromatic rings. The second-order valence-corrected chi connectivity index (χ2v) is 4.62. The van der Waals surface area contributed by atoms with Crippen LogP contribution in [0.4, 0.5) is 0 Å². The highest BCUT2D eigenvalue weighted by Gasteiger charge is 2.11. The maximum atomic E-state index is 5.29. The minimum absolute atomic E-state index is 0.484. The lowest BCUT2D eigenvalue weighted by Gasteiger charge is -2.08. The van der Waals surface area contributed by atoms with Crippen LogP contribution < -0.4 is 9.47 Å². The van der Waals surface area contributed by atoms with Gasteiger partial charge in [-0.05, 0) is 29.8 Å². The fraction of sp³-hybridized carbons (Fsp3) is 0.188. The molecule has 0 aliphatic heterocycles. The monoisotopic (exact) mass is 297 g/mol. The first kappa shape index (κ1) is 14.1. The van der Waals surface area contributed by atoms with Crippen LogP contribution >= 0.6 is 0 Å². The molecule has 0 N–H and O–H groups in total. The summed E-state index contributed by atoms with van der Waals surface area (Å²) >= 11 is 0. The Labute approximate surface area is 127 Å². The third-order valence-corrected chi connectivity index (χ3v) is 3.21. The van der Waals surface area contributed by atoms with Crippen LogP contribution in [0.15, 0.2) is 47.2 Å². The molecule has 0 atom stereocenters. The van der Waals surface area contributed by atoms with Crippen molar-refractivity contribution in [3.8, 4) is 23.0 Å². The van der Waals surface area contributed by atoms with Gasteiger partial charge in [-0.1, -0.05) is 11.2 Å². The van der Waals surface area contributed by atoms with E-state index in [1.807, 2.05) is 30.3 Å². The van der Waals surface area contributed by atoms with E-state index in [1.54, 1.807) is 26.6 Å². The van der Waals surface area contributed by atoms with E-state index in [1.165, 1.54) is 0 Å². The topological polar surface area (TPSA) is 70.3 Å². The number of nitrogens with zero attached hydrogens (tertiary/aromatic N) is 3. The molecule has 2 aromatic heterocycles. The first-order valence-electron chi connectivity index (χ1n) is 6.74. The van der Waals surface area contributed by atoms with Crippen molar-refractivity contribution in [3.63, 3.8) is 0 Å². The van der Waals surface area contributed by atoms with Crippen LogP contribution in [0.2, 0.25) is 0 Å². The third-order valence-electron chi connectivity index (χ3n) is 3.21. The van der Waals surface area contributed by atoms with Crippen LogP contribution in [0.1, 0.15) is 11.4 Å². The van der Waals surface area contributed by atoms with E-state index < -0.39 is 0 Å². The number of hydrogen-bond donors (Lipinski definition) is 0. The molecule has 0 unspecified atom stereocenters. The molecular formula is C16H15N3O3. The lowest BCUT2D eigenvalue weighted by Crippen LogP contribution is -1.95. The average Bonchev–Trinajstić information content (AvgIpc) is 3.04. The zero-order valence-corrected chi connectivity index (χ0v) is 12.3. The van der Waals surface area contributed by atoms with Gasteiger partial charge < -0.3 is 14.0 Å². The zero-order chi connectivity index (χ0) is 15.4. The van der Waals surface area contributed by atoms with Gasteiger partial charge in [0, 0.05) is 24.4 Å². The number of methoxy groups -OCH3 is 2. The highest BCUT2D eigenvalue weighted by molar-refractivity contribution is 5.51. The number of rotatable bonds is 5. The Hall–Kier alpha value is -2.89. The van der Waals surface area contributed by atoms with E-state index >= 15 is 0 Å². The van der Waals surface area contributed by atoms with Gasteiger partial charge in [0.2, 0.25) is 0 Å². The number of benzene rings is 1. The van der Waals surface area contributed by atoms with E-state index in [-0.39, 0.29) is 0 Å². The van der Waals surface area contributed by atoms with Crippen LogP contribution in [-0.2, 0) is 6.42 Å². The Bertz CT molecular complexity index is 756. The highest BCUT2D eigenvalue weighted by atomic mass is 16.5. The van der Waals surface area contributed by atoms with Gasteiger partial charge in [0.25, 0.3) is 5.89 Å². The average molecular weight is 297 g/mol. The zero-order valence-electron chi connectivity index (χ0n) is 12.3. The van der Waals surface area contributed by atoms with Crippen molar-refractivity contribution in [2.75, 3.05) is 14.2 Å². The Balaban J connectivity index is 1.81. The van der Waals surface area contributed by atoms with Crippen molar-refractivity contribution in [1.82, 2.24) is 15.1 Å². The largest absolute Gasteiger partial charge is 0.493 e. The Morgan fingerprint density at radius 3 is 2.50 bits per heavy atom. The number of pyridine rings is 1. The molecule has 0 radical (unpaired) electrons. The van der Waals surface area contributed by atoms with Crippen molar-refractivity contribution < 1.29 is 14.0 Å². The summed E-state index contributed by atoms with van der Waals surface area (Å²) in [6.07, 6.45) is 3.93. The number of hydrogen-bond acceptors (Lipinski definition) is 6. The van der Waals surface area contributed by atoms with Gasteiger partial charge in [0.05, 0.1) is 14.2 Å². The molecule has 0 amide bonds. The number of ether oxygens (including phenoxy) is 2. The maximum absolute atomic E-state index is 5.29. The second kappa shape index (κ2) is 6.26. The van der Waals surface area contributed by atoms with E-state index in [2.05, 4.69) is 15.1 Å². The maximum Gasteiger partial charge on any atom is 0.258 e. The number of aromatic nitrogens is 3. The lowest BCUT2D eigenvalue weighted by atomic mass is 10.1. The Morgan fingerprint density at radius 1 is 1.00 bits per heavy atom. The summed E-state index contributed by atoms with van der Waals surface area (Å²) in [6, 6.07) is 9.37. The van der Waals surface area contributed by atoms with Crippen LogP contribution in [-0.4, -0.2) is 29.3 Å². The minimum atomic E-state index is 0.484. The second-order valence-electron chi connectivity index (χ2n) is 4.62. The normalized spacial score (nSPS) is 10.5. The summed E-state index contributed by atoms with van der Waals surface area (Å²) in [5, 5.41) is 4.01. The van der Waals surface area contributed by atoms with Gasteiger partial charge in [-0.25, -0.2) is 0 Å². The van der Waals surface area contributed by atoms with Crippen molar-refractivity contribution in [2.45, 2.75) is 6.42 Å². The van der Waals surface area contributed by atoms with E-state index in [0.29, 0.717) is 29.6 Å². The summed E-state index contributed by atoms with van der Waals surface area (Å²) in [6.45, 7) is 0. The highest BCUT2D eigenvalue weighted by Crippen LogP contribution is 2.28. The molecule has 6 heteroatoms. The van der Waals surface area contributed by atoms with Crippen LogP contribution in [0.25, 0.3) is 11.5 Å². The molecule has 3 rings (SSSR count). The summed E-state index contributed by atoms with van der Waals surface area (Å²) in [4.78, 5) is 8.36. The van der Waals surface area contributed by atoms with Gasteiger partial charge >= 0.3 is 0 Å². The molecule has 1 aromatic carbocycles. The van der Waals surface area contributed by atoms with Gasteiger partial charge in [-0.15, -0.1) is 0 Å². The summed E-state index contributed by atoms with van der Waals surface area (Å²) in [7, 11) is 3.22. The van der Waals surface area contributed by atoms with Crippen LogP contribution in [0.3, 0.4) is 0 Å². The predicted octanol–water partition coefficient (Wildman–Crippen LogP) is 2.74. The SMILES string of the molecule is COc1ccc(Cc2noc(-c3ccncc3)n2)cc1OC. The molecule has 0 spiro atoms. The molecule has 0 saturated heterocycles. The Kier molecular flexibility index (Phi) is 4.00. The van der Waals surface area contributed by atoms with Crippen molar-refractivity contribution in [3.05, 3.63) is 54.1 Å². The summed E-state index contributed by atoms with van der Waals surface area (Å²) < 4.78 is 15.8. The van der Waals surface area contributed by atoms with E-state index in [9.17, 15) is 0 Å². The molecule has 22 heavy (non-hydrogen) atoms.